The van der Waals surface area contributed by atoms with Gasteiger partial charge in [0.25, 0.3) is 0 Å². The lowest BCUT2D eigenvalue weighted by molar-refractivity contribution is -0.115. The van der Waals surface area contributed by atoms with Crippen molar-refractivity contribution in [2.45, 2.75) is 0 Å². The van der Waals surface area contributed by atoms with Crippen LogP contribution in [0.2, 0.25) is 0 Å². The van der Waals surface area contributed by atoms with Gasteiger partial charge in [0.15, 0.2) is 17.5 Å². The number of amides is 1. The van der Waals surface area contributed by atoms with Crippen LogP contribution in [-0.4, -0.2) is 46.1 Å². The lowest BCUT2D eigenvalue weighted by atomic mass is 10.3. The quantitative estimate of drug-likeness (QED) is 0.303. The number of carbonyl (C=O) groups excluding carboxylic acids is 1. The second-order valence-corrected chi connectivity index (χ2v) is 4.55. The third-order valence-electron chi connectivity index (χ3n) is 2.71. The third-order valence-corrected chi connectivity index (χ3v) is 2.71. The molecular weight excluding hydrogens is 310 g/mol. The smallest absolute Gasteiger partial charge is 0.238 e. The molecule has 2 aromatic heterocycles. The first-order valence-corrected chi connectivity index (χ1v) is 6.95. The molecule has 0 unspecified atom stereocenters. The largest absolute Gasteiger partial charge is 0.380 e. The Morgan fingerprint density at radius 1 is 1.12 bits per heavy atom. The summed E-state index contributed by atoms with van der Waals surface area (Å²) in [5.41, 5.74) is 12.5. The molecule has 2 aromatic rings. The molecule has 6 N–H and O–H groups in total. The molecule has 2 heterocycles. The van der Waals surface area contributed by atoms with Crippen LogP contribution in [0.15, 0.2) is 47.0 Å². The van der Waals surface area contributed by atoms with E-state index in [1.54, 1.807) is 37.6 Å². The van der Waals surface area contributed by atoms with Crippen LogP contribution in [-0.2, 0) is 4.79 Å². The van der Waals surface area contributed by atoms with E-state index in [0.29, 0.717) is 11.4 Å². The topological polar surface area (TPSA) is 157 Å². The fourth-order valence-electron chi connectivity index (χ4n) is 1.62. The molecule has 0 aliphatic heterocycles. The van der Waals surface area contributed by atoms with Crippen molar-refractivity contribution < 1.29 is 4.79 Å². The molecule has 1 amide bonds. The monoisotopic (exact) mass is 327 g/mol. The number of rotatable bonds is 6. The van der Waals surface area contributed by atoms with Gasteiger partial charge in [-0.25, -0.2) is 9.97 Å². The maximum absolute atomic E-state index is 11.5. The van der Waals surface area contributed by atoms with E-state index < -0.39 is 0 Å². The van der Waals surface area contributed by atoms with E-state index in [-0.39, 0.29) is 29.9 Å². The van der Waals surface area contributed by atoms with Gasteiger partial charge in [-0.15, -0.1) is 10.2 Å². The van der Waals surface area contributed by atoms with Crippen molar-refractivity contribution in [2.75, 3.05) is 18.9 Å². The summed E-state index contributed by atoms with van der Waals surface area (Å²) in [6.45, 7) is 0.209. The van der Waals surface area contributed by atoms with E-state index in [1.165, 1.54) is 6.20 Å². The van der Waals surface area contributed by atoms with E-state index in [2.05, 4.69) is 35.8 Å². The number of likely N-dealkylation sites (N-methyl/N-ethyl adjacent to an activating group) is 1. The number of pyridine rings is 1. The van der Waals surface area contributed by atoms with Gasteiger partial charge in [0, 0.05) is 12.4 Å². The van der Waals surface area contributed by atoms with Crippen LogP contribution in [0, 0.1) is 0 Å². The number of hydrogen-bond donors (Lipinski definition) is 4. The van der Waals surface area contributed by atoms with E-state index in [9.17, 15) is 4.79 Å². The molecule has 0 spiro atoms. The minimum atomic E-state index is -0.172. The Hall–Kier alpha value is -3.40. The first-order chi connectivity index (χ1) is 11.6. The van der Waals surface area contributed by atoms with E-state index >= 15 is 0 Å². The molecule has 24 heavy (non-hydrogen) atoms. The molecule has 0 aliphatic carbocycles. The Morgan fingerprint density at radius 3 is 2.46 bits per heavy atom. The maximum Gasteiger partial charge on any atom is 0.238 e. The van der Waals surface area contributed by atoms with Crippen molar-refractivity contribution in [1.29, 1.82) is 0 Å². The molecular formula is C14H17N9O. The van der Waals surface area contributed by atoms with Gasteiger partial charge >= 0.3 is 0 Å². The highest BCUT2D eigenvalue weighted by atomic mass is 16.1. The number of carbonyl (C=O) groups is 1. The summed E-state index contributed by atoms with van der Waals surface area (Å²) in [6, 6.07) is 4.93. The zero-order chi connectivity index (χ0) is 17.4. The molecule has 2 rings (SSSR count). The lowest BCUT2D eigenvalue weighted by Crippen LogP contribution is -2.25. The van der Waals surface area contributed by atoms with Crippen LogP contribution in [0.4, 0.5) is 5.69 Å². The average Bonchev–Trinajstić information content (AvgIpc) is 2.61. The molecule has 0 saturated heterocycles. The lowest BCUT2D eigenvalue weighted by Gasteiger charge is -2.05. The normalized spacial score (nSPS) is 12.0. The highest BCUT2D eigenvalue weighted by Crippen LogP contribution is 2.06. The SMILES string of the molecule is CNCC(=O)Nc1ccc(/C(N)=N/N=C(\N)c2ncccn2)nc1. The summed E-state index contributed by atoms with van der Waals surface area (Å²) < 4.78 is 0. The first kappa shape index (κ1) is 17.0. The Morgan fingerprint density at radius 2 is 1.83 bits per heavy atom. The first-order valence-electron chi connectivity index (χ1n) is 6.95. The third kappa shape index (κ3) is 4.81. The molecule has 0 saturated carbocycles. The molecule has 0 bridgehead atoms. The predicted octanol–water partition coefficient (Wildman–Crippen LogP) is -0.945. The van der Waals surface area contributed by atoms with Crippen molar-refractivity contribution in [1.82, 2.24) is 20.3 Å². The van der Waals surface area contributed by atoms with Crippen LogP contribution < -0.4 is 22.1 Å². The van der Waals surface area contributed by atoms with Crippen molar-refractivity contribution in [3.05, 3.63) is 48.3 Å². The number of nitrogens with zero attached hydrogens (tertiary/aromatic N) is 5. The molecule has 0 aromatic carbocycles. The zero-order valence-electron chi connectivity index (χ0n) is 13.0. The second kappa shape index (κ2) is 8.29. The van der Waals surface area contributed by atoms with Gasteiger partial charge in [-0.05, 0) is 25.2 Å². The van der Waals surface area contributed by atoms with Crippen LogP contribution in [0.3, 0.4) is 0 Å². The van der Waals surface area contributed by atoms with Crippen molar-refractivity contribution in [2.24, 2.45) is 21.7 Å². The van der Waals surface area contributed by atoms with Gasteiger partial charge in [-0.1, -0.05) is 0 Å². The molecule has 10 heteroatoms. The number of anilines is 1. The molecule has 0 radical (unpaired) electrons. The molecule has 0 aliphatic rings. The van der Waals surface area contributed by atoms with Gasteiger partial charge in [0.05, 0.1) is 18.4 Å². The van der Waals surface area contributed by atoms with Crippen molar-refractivity contribution in [3.8, 4) is 0 Å². The second-order valence-electron chi connectivity index (χ2n) is 4.55. The van der Waals surface area contributed by atoms with Gasteiger partial charge in [0.1, 0.15) is 5.69 Å². The zero-order valence-corrected chi connectivity index (χ0v) is 13.0. The summed E-state index contributed by atoms with van der Waals surface area (Å²) in [7, 11) is 1.69. The van der Waals surface area contributed by atoms with E-state index in [4.69, 9.17) is 11.5 Å². The Bertz CT molecular complexity index is 741. The average molecular weight is 327 g/mol. The summed E-state index contributed by atoms with van der Waals surface area (Å²) in [4.78, 5) is 23.5. The van der Waals surface area contributed by atoms with Crippen LogP contribution in [0.5, 0.6) is 0 Å². The fraction of sp³-hybridized carbons (Fsp3) is 0.143. The van der Waals surface area contributed by atoms with E-state index in [1.807, 2.05) is 0 Å². The number of nitrogens with two attached hydrogens (primary N) is 2. The van der Waals surface area contributed by atoms with Gasteiger partial charge in [0.2, 0.25) is 5.91 Å². The van der Waals surface area contributed by atoms with Crippen LogP contribution in [0.25, 0.3) is 0 Å². The van der Waals surface area contributed by atoms with Crippen LogP contribution >= 0.6 is 0 Å². The van der Waals surface area contributed by atoms with Crippen LogP contribution in [0.1, 0.15) is 11.5 Å². The Balaban J connectivity index is 2.06. The highest BCUT2D eigenvalue weighted by Gasteiger charge is 2.04. The van der Waals surface area contributed by atoms with Crippen molar-refractivity contribution >= 4 is 23.3 Å². The number of aromatic nitrogens is 3. The maximum atomic E-state index is 11.5. The Kier molecular flexibility index (Phi) is 5.86. The molecule has 124 valence electrons. The van der Waals surface area contributed by atoms with Gasteiger partial charge in [-0.3, -0.25) is 9.78 Å². The summed E-state index contributed by atoms with van der Waals surface area (Å²) in [6.07, 6.45) is 4.56. The summed E-state index contributed by atoms with van der Waals surface area (Å²) in [5, 5.41) is 13.0. The molecule has 0 fully saturated rings. The number of hydrogen-bond acceptors (Lipinski definition) is 7. The minimum absolute atomic E-state index is 0.0366. The van der Waals surface area contributed by atoms with Gasteiger partial charge < -0.3 is 22.1 Å². The highest BCUT2D eigenvalue weighted by molar-refractivity contribution is 5.98. The standard InChI is InChI=1S/C14H17N9O/c1-17-8-11(24)21-9-3-4-10(20-7-9)12(15)22-23-13(16)14-18-5-2-6-19-14/h2-7,17H,8H2,1H3,(H2,15,22)(H2,16,23)(H,21,24). The fourth-order valence-corrected chi connectivity index (χ4v) is 1.62. The Labute approximate surface area is 138 Å². The van der Waals surface area contributed by atoms with Gasteiger partial charge in [-0.2, -0.15) is 0 Å². The number of amidine groups is 2. The summed E-state index contributed by atoms with van der Waals surface area (Å²) in [5.74, 6) is 0.190. The minimum Gasteiger partial charge on any atom is -0.380 e. The van der Waals surface area contributed by atoms with Crippen molar-refractivity contribution in [3.63, 3.8) is 0 Å². The molecule has 0 atom stereocenters. The van der Waals surface area contributed by atoms with E-state index in [0.717, 1.165) is 0 Å². The summed E-state index contributed by atoms with van der Waals surface area (Å²) >= 11 is 0. The predicted molar refractivity (Wildman–Crippen MR) is 90.3 cm³/mol. The molecule has 10 nitrogen and oxygen atoms in total. The number of nitrogens with one attached hydrogen (secondary N) is 2.